The number of hydrogen-bond acceptors (Lipinski definition) is 6. The summed E-state index contributed by atoms with van der Waals surface area (Å²) in [6.07, 6.45) is 3.05. The highest BCUT2D eigenvalue weighted by Gasteiger charge is 2.14. The summed E-state index contributed by atoms with van der Waals surface area (Å²) in [7, 11) is 0. The monoisotopic (exact) mass is 310 g/mol. The first-order valence-electron chi connectivity index (χ1n) is 7.44. The van der Waals surface area contributed by atoms with E-state index in [9.17, 15) is 9.59 Å². The van der Waals surface area contributed by atoms with Gasteiger partial charge in [-0.3, -0.25) is 4.89 Å². The minimum atomic E-state index is -1.03. The van der Waals surface area contributed by atoms with Gasteiger partial charge in [-0.25, -0.2) is 14.5 Å². The molecule has 0 heterocycles. The fraction of sp³-hybridized carbons (Fsp3) is 0.500. The quantitative estimate of drug-likeness (QED) is 0.389. The molecule has 122 valence electrons. The summed E-state index contributed by atoms with van der Waals surface area (Å²) in [5, 5.41) is 4.13. The van der Waals surface area contributed by atoms with Crippen LogP contribution in [0.3, 0.4) is 0 Å². The van der Waals surface area contributed by atoms with E-state index < -0.39 is 12.1 Å². The van der Waals surface area contributed by atoms with Crippen LogP contribution in [0.25, 0.3) is 0 Å². The molecule has 0 fully saturated rings. The smallest absolute Gasteiger partial charge is 0.432 e. The second-order valence-corrected chi connectivity index (χ2v) is 4.87. The second-order valence-electron chi connectivity index (χ2n) is 4.87. The van der Waals surface area contributed by atoms with E-state index in [1.165, 1.54) is 0 Å². The van der Waals surface area contributed by atoms with Crippen LogP contribution < -0.4 is 0 Å². The van der Waals surface area contributed by atoms with E-state index in [1.54, 1.807) is 30.3 Å². The van der Waals surface area contributed by atoms with Gasteiger partial charge in [0.05, 0.1) is 17.2 Å². The first-order chi connectivity index (χ1) is 10.7. The van der Waals surface area contributed by atoms with Gasteiger partial charge in [-0.2, -0.15) is 0 Å². The molecule has 0 aliphatic carbocycles. The Hall–Kier alpha value is -2.08. The van der Waals surface area contributed by atoms with E-state index >= 15 is 0 Å². The molecule has 1 atom stereocenters. The molecule has 0 bridgehead atoms. The van der Waals surface area contributed by atoms with Crippen molar-refractivity contribution in [2.24, 2.45) is 5.92 Å². The lowest BCUT2D eigenvalue weighted by atomic mass is 10.0. The normalized spacial score (nSPS) is 11.5. The highest BCUT2D eigenvalue weighted by Crippen LogP contribution is 2.13. The molecular formula is C16H22O6. The molecule has 1 rings (SSSR count). The minimum Gasteiger partial charge on any atom is -0.432 e. The first-order valence-corrected chi connectivity index (χ1v) is 7.44. The molecule has 0 saturated carbocycles. The zero-order chi connectivity index (χ0) is 16.2. The van der Waals surface area contributed by atoms with Gasteiger partial charge in [0, 0.05) is 0 Å². The van der Waals surface area contributed by atoms with Crippen LogP contribution in [-0.4, -0.2) is 18.7 Å². The standard InChI is InChI=1S/C16H22O6/c1-3-5-9-13(4-2)12-19-16(18)21-22-20-15(17)14-10-7-6-8-11-14/h6-8,10-11,13H,3-5,9,12H2,1-2H3. The molecular weight excluding hydrogens is 288 g/mol. The minimum absolute atomic E-state index is 0.255. The summed E-state index contributed by atoms with van der Waals surface area (Å²) in [6, 6.07) is 8.20. The summed E-state index contributed by atoms with van der Waals surface area (Å²) in [5.74, 6) is -0.470. The van der Waals surface area contributed by atoms with Crippen LogP contribution >= 0.6 is 0 Å². The van der Waals surface area contributed by atoms with E-state index in [2.05, 4.69) is 21.7 Å². The number of rotatable bonds is 9. The molecule has 6 heteroatoms. The fourth-order valence-electron chi connectivity index (χ4n) is 1.81. The van der Waals surface area contributed by atoms with Gasteiger partial charge in [0.2, 0.25) is 0 Å². The van der Waals surface area contributed by atoms with Gasteiger partial charge in [0.15, 0.2) is 0 Å². The van der Waals surface area contributed by atoms with Crippen molar-refractivity contribution in [2.75, 3.05) is 6.61 Å². The van der Waals surface area contributed by atoms with Gasteiger partial charge < -0.3 is 4.74 Å². The third-order valence-electron chi connectivity index (χ3n) is 3.20. The Morgan fingerprint density at radius 2 is 1.82 bits per heavy atom. The third-order valence-corrected chi connectivity index (χ3v) is 3.20. The van der Waals surface area contributed by atoms with E-state index in [-0.39, 0.29) is 12.2 Å². The molecule has 22 heavy (non-hydrogen) atoms. The summed E-state index contributed by atoms with van der Waals surface area (Å²) >= 11 is 0. The summed E-state index contributed by atoms with van der Waals surface area (Å²) in [4.78, 5) is 31.3. The van der Waals surface area contributed by atoms with Crippen molar-refractivity contribution < 1.29 is 29.1 Å². The first kappa shape index (κ1) is 18.0. The molecule has 1 aromatic rings. The molecule has 6 nitrogen and oxygen atoms in total. The van der Waals surface area contributed by atoms with Crippen molar-refractivity contribution in [3.05, 3.63) is 35.9 Å². The van der Waals surface area contributed by atoms with Gasteiger partial charge in [0.1, 0.15) is 0 Å². The zero-order valence-corrected chi connectivity index (χ0v) is 12.9. The molecule has 0 aromatic heterocycles. The lowest BCUT2D eigenvalue weighted by molar-refractivity contribution is -0.452. The van der Waals surface area contributed by atoms with Crippen molar-refractivity contribution in [1.29, 1.82) is 0 Å². The van der Waals surface area contributed by atoms with Crippen LogP contribution in [0, 0.1) is 5.92 Å². The molecule has 0 amide bonds. The molecule has 0 spiro atoms. The van der Waals surface area contributed by atoms with E-state index in [0.717, 1.165) is 25.7 Å². The maximum atomic E-state index is 11.5. The van der Waals surface area contributed by atoms with Gasteiger partial charge in [-0.15, -0.1) is 0 Å². The van der Waals surface area contributed by atoms with Crippen molar-refractivity contribution in [2.45, 2.75) is 39.5 Å². The number of unbranched alkanes of at least 4 members (excludes halogenated alkanes) is 1. The molecule has 0 aliphatic heterocycles. The van der Waals surface area contributed by atoms with Gasteiger partial charge >= 0.3 is 12.1 Å². The SMILES string of the molecule is CCCCC(CC)COC(=O)OOOC(=O)c1ccccc1. The number of carbonyl (C=O) groups excluding carboxylic acids is 2. The predicted molar refractivity (Wildman–Crippen MR) is 78.7 cm³/mol. The van der Waals surface area contributed by atoms with Gasteiger partial charge in [0.25, 0.3) is 0 Å². The number of hydrogen-bond donors (Lipinski definition) is 0. The van der Waals surface area contributed by atoms with Crippen LogP contribution in [0.1, 0.15) is 49.9 Å². The molecule has 0 radical (unpaired) electrons. The Bertz CT molecular complexity index is 445. The summed E-state index contributed by atoms with van der Waals surface area (Å²) in [5.41, 5.74) is 0.282. The lowest BCUT2D eigenvalue weighted by Gasteiger charge is -2.13. The topological polar surface area (TPSA) is 71.1 Å². The predicted octanol–water partition coefficient (Wildman–Crippen LogP) is 4.06. The van der Waals surface area contributed by atoms with Crippen molar-refractivity contribution in [3.63, 3.8) is 0 Å². The van der Waals surface area contributed by atoms with Gasteiger partial charge in [-0.05, 0) is 24.5 Å². The maximum Gasteiger partial charge on any atom is 0.543 e. The van der Waals surface area contributed by atoms with E-state index in [1.807, 2.05) is 6.92 Å². The number of carbonyl (C=O) groups is 2. The highest BCUT2D eigenvalue weighted by atomic mass is 17.5. The molecule has 1 aromatic carbocycles. The van der Waals surface area contributed by atoms with Crippen LogP contribution in [0.2, 0.25) is 0 Å². The fourth-order valence-corrected chi connectivity index (χ4v) is 1.81. The van der Waals surface area contributed by atoms with Crippen LogP contribution in [0.15, 0.2) is 30.3 Å². The summed E-state index contributed by atoms with van der Waals surface area (Å²) in [6.45, 7) is 4.40. The molecule has 0 aliphatic rings. The third kappa shape index (κ3) is 7.08. The van der Waals surface area contributed by atoms with Crippen LogP contribution in [-0.2, 0) is 19.6 Å². The molecule has 0 saturated heterocycles. The maximum absolute atomic E-state index is 11.5. The van der Waals surface area contributed by atoms with Crippen molar-refractivity contribution in [1.82, 2.24) is 0 Å². The van der Waals surface area contributed by atoms with E-state index in [4.69, 9.17) is 4.74 Å². The second kappa shape index (κ2) is 10.6. The zero-order valence-electron chi connectivity index (χ0n) is 12.9. The summed E-state index contributed by atoms with van der Waals surface area (Å²) < 4.78 is 4.90. The number of benzene rings is 1. The Morgan fingerprint density at radius 3 is 2.45 bits per heavy atom. The lowest BCUT2D eigenvalue weighted by Crippen LogP contribution is -2.16. The highest BCUT2D eigenvalue weighted by molar-refractivity contribution is 5.88. The van der Waals surface area contributed by atoms with Gasteiger partial charge in [-0.1, -0.05) is 51.3 Å². The average Bonchev–Trinajstić information content (AvgIpc) is 2.55. The molecule has 0 N–H and O–H groups in total. The van der Waals surface area contributed by atoms with E-state index in [0.29, 0.717) is 5.92 Å². The average molecular weight is 310 g/mol. The van der Waals surface area contributed by atoms with Crippen molar-refractivity contribution >= 4 is 12.1 Å². The Balaban J connectivity index is 2.19. The molecule has 1 unspecified atom stereocenters. The largest absolute Gasteiger partial charge is 0.543 e. The Kier molecular flexibility index (Phi) is 8.67. The Labute approximate surface area is 130 Å². The van der Waals surface area contributed by atoms with Crippen LogP contribution in [0.4, 0.5) is 4.79 Å². The Morgan fingerprint density at radius 1 is 1.09 bits per heavy atom. The number of ether oxygens (including phenoxy) is 1. The van der Waals surface area contributed by atoms with Crippen molar-refractivity contribution in [3.8, 4) is 0 Å². The van der Waals surface area contributed by atoms with Crippen LogP contribution in [0.5, 0.6) is 0 Å².